The summed E-state index contributed by atoms with van der Waals surface area (Å²) in [5.74, 6) is 0.0555. The molecule has 14 heavy (non-hydrogen) atoms. The number of ether oxygens (including phenoxy) is 1. The molecule has 1 unspecified atom stereocenters. The Kier molecular flexibility index (Phi) is 4.11. The Morgan fingerprint density at radius 1 is 1.64 bits per heavy atom. The summed E-state index contributed by atoms with van der Waals surface area (Å²) in [6, 6.07) is 3.87. The van der Waals surface area contributed by atoms with Gasteiger partial charge in [0.2, 0.25) is 0 Å². The van der Waals surface area contributed by atoms with Crippen molar-refractivity contribution in [1.82, 2.24) is 4.98 Å². The Bertz CT molecular complexity index is 285. The van der Waals surface area contributed by atoms with Crippen LogP contribution in [-0.4, -0.2) is 17.6 Å². The lowest BCUT2D eigenvalue weighted by atomic mass is 10.1. The predicted octanol–water partition coefficient (Wildman–Crippen LogP) is 2.14. The van der Waals surface area contributed by atoms with Crippen molar-refractivity contribution in [2.24, 2.45) is 0 Å². The third kappa shape index (κ3) is 3.17. The minimum atomic E-state index is -0.152. The van der Waals surface area contributed by atoms with Crippen molar-refractivity contribution in [2.45, 2.75) is 26.2 Å². The first-order valence-corrected chi connectivity index (χ1v) is 4.79. The van der Waals surface area contributed by atoms with E-state index in [9.17, 15) is 4.79 Å². The Morgan fingerprint density at radius 3 is 3.00 bits per heavy atom. The van der Waals surface area contributed by atoms with E-state index in [2.05, 4.69) is 4.98 Å². The summed E-state index contributed by atoms with van der Waals surface area (Å²) in [4.78, 5) is 14.9. The predicted molar refractivity (Wildman–Crippen MR) is 53.9 cm³/mol. The third-order valence-electron chi connectivity index (χ3n) is 2.04. The smallest absolute Gasteiger partial charge is 0.305 e. The molecule has 1 heterocycles. The van der Waals surface area contributed by atoms with Crippen molar-refractivity contribution < 1.29 is 9.53 Å². The number of nitrogens with zero attached hydrogens (tertiary/aromatic N) is 1. The van der Waals surface area contributed by atoms with Crippen molar-refractivity contribution in [3.05, 3.63) is 30.1 Å². The van der Waals surface area contributed by atoms with Crippen LogP contribution in [0.5, 0.6) is 0 Å². The third-order valence-corrected chi connectivity index (χ3v) is 2.04. The summed E-state index contributed by atoms with van der Waals surface area (Å²) in [6.07, 6.45) is 3.96. The maximum atomic E-state index is 10.9. The minimum Gasteiger partial charge on any atom is -0.465 e. The van der Waals surface area contributed by atoms with Gasteiger partial charge in [0.25, 0.3) is 0 Å². The number of hydrogen-bond acceptors (Lipinski definition) is 3. The molecule has 0 aromatic carbocycles. The van der Waals surface area contributed by atoms with Crippen LogP contribution in [0.25, 0.3) is 0 Å². The minimum absolute atomic E-state index is 0.152. The second-order valence-corrected chi connectivity index (χ2v) is 3.22. The normalized spacial score (nSPS) is 12.1. The average molecular weight is 193 g/mol. The number of esters is 1. The van der Waals surface area contributed by atoms with Gasteiger partial charge in [-0.05, 0) is 11.6 Å². The Hall–Kier alpha value is -1.38. The highest BCUT2D eigenvalue weighted by atomic mass is 16.5. The molecular weight excluding hydrogens is 178 g/mol. The quantitative estimate of drug-likeness (QED) is 0.688. The van der Waals surface area contributed by atoms with Crippen LogP contribution in [0.4, 0.5) is 0 Å². The molecule has 0 spiro atoms. The summed E-state index contributed by atoms with van der Waals surface area (Å²) in [7, 11) is 0. The Labute approximate surface area is 84.1 Å². The zero-order valence-corrected chi connectivity index (χ0v) is 8.56. The van der Waals surface area contributed by atoms with Crippen LogP contribution in [0.3, 0.4) is 0 Å². The van der Waals surface area contributed by atoms with Crippen molar-refractivity contribution in [1.29, 1.82) is 0 Å². The summed E-state index contributed by atoms with van der Waals surface area (Å²) in [5, 5.41) is 0. The molecular formula is C11H15NO2. The molecule has 3 nitrogen and oxygen atoms in total. The first-order chi connectivity index (χ1) is 6.74. The summed E-state index contributed by atoms with van der Waals surface area (Å²) in [5.41, 5.74) is 1.09. The molecule has 0 saturated carbocycles. The Balaban J connectivity index is 2.43. The van der Waals surface area contributed by atoms with Gasteiger partial charge < -0.3 is 4.74 Å². The molecule has 0 amide bonds. The lowest BCUT2D eigenvalue weighted by molar-refractivity contribution is -0.143. The molecule has 0 bridgehead atoms. The highest BCUT2D eigenvalue weighted by Crippen LogP contribution is 2.13. The fraction of sp³-hybridized carbons (Fsp3) is 0.455. The van der Waals surface area contributed by atoms with Gasteiger partial charge in [-0.3, -0.25) is 9.78 Å². The fourth-order valence-electron chi connectivity index (χ4n) is 1.08. The molecule has 0 aliphatic carbocycles. The van der Waals surface area contributed by atoms with Gasteiger partial charge in [-0.2, -0.15) is 0 Å². The maximum absolute atomic E-state index is 10.9. The van der Waals surface area contributed by atoms with E-state index < -0.39 is 0 Å². The summed E-state index contributed by atoms with van der Waals surface area (Å²) in [6.45, 7) is 4.23. The van der Waals surface area contributed by atoms with Crippen LogP contribution >= 0.6 is 0 Å². The molecule has 0 N–H and O–H groups in total. The van der Waals surface area contributed by atoms with Gasteiger partial charge in [0.15, 0.2) is 0 Å². The van der Waals surface area contributed by atoms with Crippen molar-refractivity contribution in [3.8, 4) is 0 Å². The van der Waals surface area contributed by atoms with E-state index in [1.54, 1.807) is 19.3 Å². The van der Waals surface area contributed by atoms with Crippen LogP contribution in [0.1, 0.15) is 31.7 Å². The number of pyridine rings is 1. The zero-order valence-electron chi connectivity index (χ0n) is 8.56. The van der Waals surface area contributed by atoms with E-state index in [0.717, 1.165) is 5.56 Å². The second kappa shape index (κ2) is 5.37. The molecule has 0 aliphatic heterocycles. The SMILES string of the molecule is CCC(=O)OCC(C)c1cccnc1. The number of carbonyl (C=O) groups excluding carboxylic acids is 1. The van der Waals surface area contributed by atoms with E-state index in [1.165, 1.54) is 0 Å². The molecule has 1 atom stereocenters. The first-order valence-electron chi connectivity index (χ1n) is 4.79. The molecule has 0 aliphatic rings. The van der Waals surface area contributed by atoms with Crippen molar-refractivity contribution >= 4 is 5.97 Å². The number of rotatable bonds is 4. The summed E-state index contributed by atoms with van der Waals surface area (Å²) >= 11 is 0. The van der Waals surface area contributed by atoms with Crippen LogP contribution in [0, 0.1) is 0 Å². The molecule has 0 fully saturated rings. The highest BCUT2D eigenvalue weighted by molar-refractivity contribution is 5.68. The topological polar surface area (TPSA) is 39.2 Å². The molecule has 0 saturated heterocycles. The van der Waals surface area contributed by atoms with Gasteiger partial charge in [-0.25, -0.2) is 0 Å². The van der Waals surface area contributed by atoms with Gasteiger partial charge in [-0.1, -0.05) is 19.9 Å². The average Bonchev–Trinajstić information content (AvgIpc) is 2.26. The van der Waals surface area contributed by atoms with Crippen LogP contribution in [-0.2, 0) is 9.53 Å². The molecule has 1 rings (SSSR count). The molecule has 1 aromatic rings. The summed E-state index contributed by atoms with van der Waals surface area (Å²) < 4.78 is 5.04. The van der Waals surface area contributed by atoms with Crippen molar-refractivity contribution in [3.63, 3.8) is 0 Å². The van der Waals surface area contributed by atoms with Crippen LogP contribution < -0.4 is 0 Å². The van der Waals surface area contributed by atoms with E-state index in [-0.39, 0.29) is 11.9 Å². The van der Waals surface area contributed by atoms with Gasteiger partial charge >= 0.3 is 5.97 Å². The van der Waals surface area contributed by atoms with E-state index in [0.29, 0.717) is 13.0 Å². The van der Waals surface area contributed by atoms with Crippen LogP contribution in [0.15, 0.2) is 24.5 Å². The molecule has 1 aromatic heterocycles. The fourth-order valence-corrected chi connectivity index (χ4v) is 1.08. The lowest BCUT2D eigenvalue weighted by Gasteiger charge is -2.11. The van der Waals surface area contributed by atoms with E-state index in [1.807, 2.05) is 19.1 Å². The Morgan fingerprint density at radius 2 is 2.43 bits per heavy atom. The maximum Gasteiger partial charge on any atom is 0.305 e. The van der Waals surface area contributed by atoms with Crippen LogP contribution in [0.2, 0.25) is 0 Å². The van der Waals surface area contributed by atoms with Crippen molar-refractivity contribution in [2.75, 3.05) is 6.61 Å². The lowest BCUT2D eigenvalue weighted by Crippen LogP contribution is -2.09. The van der Waals surface area contributed by atoms with Gasteiger partial charge in [-0.15, -0.1) is 0 Å². The number of aromatic nitrogens is 1. The molecule has 76 valence electrons. The monoisotopic (exact) mass is 193 g/mol. The molecule has 3 heteroatoms. The first kappa shape index (κ1) is 10.7. The van der Waals surface area contributed by atoms with E-state index in [4.69, 9.17) is 4.74 Å². The molecule has 0 radical (unpaired) electrons. The second-order valence-electron chi connectivity index (χ2n) is 3.22. The highest BCUT2D eigenvalue weighted by Gasteiger charge is 2.07. The van der Waals surface area contributed by atoms with Gasteiger partial charge in [0.1, 0.15) is 0 Å². The number of carbonyl (C=O) groups is 1. The van der Waals surface area contributed by atoms with E-state index >= 15 is 0 Å². The van der Waals surface area contributed by atoms with Gasteiger partial charge in [0, 0.05) is 24.7 Å². The standard InChI is InChI=1S/C11H15NO2/c1-3-11(13)14-8-9(2)10-5-4-6-12-7-10/h4-7,9H,3,8H2,1-2H3. The number of hydrogen-bond donors (Lipinski definition) is 0. The van der Waals surface area contributed by atoms with Gasteiger partial charge in [0.05, 0.1) is 6.61 Å². The largest absolute Gasteiger partial charge is 0.465 e. The zero-order chi connectivity index (χ0) is 10.4.